The first kappa shape index (κ1) is 13.4. The smallest absolute Gasteiger partial charge is 0.264 e. The van der Waals surface area contributed by atoms with E-state index in [0.717, 1.165) is 17.4 Å². The van der Waals surface area contributed by atoms with Crippen molar-refractivity contribution in [2.24, 2.45) is 0 Å². The third kappa shape index (κ3) is 3.23. The maximum atomic E-state index is 11.8. The van der Waals surface area contributed by atoms with Crippen molar-refractivity contribution >= 4 is 37.7 Å². The Morgan fingerprint density at radius 1 is 1.33 bits per heavy atom. The molecular formula is C11H12Br2N4O. The molecule has 0 aromatic carbocycles. The molecule has 7 heteroatoms. The summed E-state index contributed by atoms with van der Waals surface area (Å²) in [7, 11) is 0. The second kappa shape index (κ2) is 5.71. The SMILES string of the molecule is Nc1ccn(CCCn2cc(Br)cc(Br)c2=O)n1. The zero-order valence-corrected chi connectivity index (χ0v) is 12.7. The van der Waals surface area contributed by atoms with Crippen molar-refractivity contribution in [3.63, 3.8) is 0 Å². The van der Waals surface area contributed by atoms with Crippen LogP contribution in [-0.4, -0.2) is 14.3 Å². The molecule has 0 atom stereocenters. The number of aryl methyl sites for hydroxylation is 2. The minimum atomic E-state index is -0.0295. The molecule has 2 N–H and O–H groups in total. The van der Waals surface area contributed by atoms with Gasteiger partial charge in [0.1, 0.15) is 5.82 Å². The van der Waals surface area contributed by atoms with Crippen LogP contribution in [0.5, 0.6) is 0 Å². The molecular weight excluding hydrogens is 364 g/mol. The Balaban J connectivity index is 2.00. The van der Waals surface area contributed by atoms with E-state index in [1.807, 2.05) is 6.20 Å². The minimum Gasteiger partial charge on any atom is -0.382 e. The molecule has 2 aromatic rings. The van der Waals surface area contributed by atoms with E-state index < -0.39 is 0 Å². The summed E-state index contributed by atoms with van der Waals surface area (Å²) in [5.74, 6) is 0.511. The van der Waals surface area contributed by atoms with Crippen LogP contribution in [0.1, 0.15) is 6.42 Å². The van der Waals surface area contributed by atoms with Crippen LogP contribution in [-0.2, 0) is 13.1 Å². The molecule has 0 saturated carbocycles. The fraction of sp³-hybridized carbons (Fsp3) is 0.273. The van der Waals surface area contributed by atoms with Crippen LogP contribution in [0.25, 0.3) is 0 Å². The lowest BCUT2D eigenvalue weighted by Gasteiger charge is -2.07. The standard InChI is InChI=1S/C11H12Br2N4O/c12-8-6-9(13)11(18)16(7-8)3-1-4-17-5-2-10(14)15-17/h2,5-7H,1,3-4H2,(H2,14,15). The van der Waals surface area contributed by atoms with E-state index in [2.05, 4.69) is 37.0 Å². The quantitative estimate of drug-likeness (QED) is 0.891. The largest absolute Gasteiger partial charge is 0.382 e. The molecule has 2 heterocycles. The van der Waals surface area contributed by atoms with E-state index in [9.17, 15) is 4.79 Å². The van der Waals surface area contributed by atoms with Crippen molar-refractivity contribution in [2.45, 2.75) is 19.5 Å². The van der Waals surface area contributed by atoms with Crippen molar-refractivity contribution in [1.29, 1.82) is 0 Å². The summed E-state index contributed by atoms with van der Waals surface area (Å²) in [6.07, 6.45) is 4.42. The van der Waals surface area contributed by atoms with Crippen molar-refractivity contribution in [1.82, 2.24) is 14.3 Å². The summed E-state index contributed by atoms with van der Waals surface area (Å²) in [6.45, 7) is 1.37. The van der Waals surface area contributed by atoms with Gasteiger partial charge in [0.2, 0.25) is 0 Å². The van der Waals surface area contributed by atoms with Gasteiger partial charge in [0.05, 0.1) is 4.47 Å². The maximum Gasteiger partial charge on any atom is 0.264 e. The van der Waals surface area contributed by atoms with Gasteiger partial charge in [-0.3, -0.25) is 9.48 Å². The Morgan fingerprint density at radius 3 is 2.78 bits per heavy atom. The number of hydrogen-bond donors (Lipinski definition) is 1. The van der Waals surface area contributed by atoms with Gasteiger partial charge in [0, 0.05) is 30.0 Å². The molecule has 2 rings (SSSR count). The Hall–Kier alpha value is -1.08. The summed E-state index contributed by atoms with van der Waals surface area (Å²) in [4.78, 5) is 11.8. The van der Waals surface area contributed by atoms with Gasteiger partial charge in [-0.2, -0.15) is 5.10 Å². The van der Waals surface area contributed by atoms with Crippen LogP contribution >= 0.6 is 31.9 Å². The van der Waals surface area contributed by atoms with Crippen LogP contribution < -0.4 is 11.3 Å². The van der Waals surface area contributed by atoms with Crippen molar-refractivity contribution in [2.75, 3.05) is 5.73 Å². The lowest BCUT2D eigenvalue weighted by atomic mass is 10.4. The summed E-state index contributed by atoms with van der Waals surface area (Å²) >= 11 is 6.60. The summed E-state index contributed by atoms with van der Waals surface area (Å²) < 4.78 is 4.87. The number of halogens is 2. The summed E-state index contributed by atoms with van der Waals surface area (Å²) in [5, 5.41) is 4.09. The Bertz CT molecular complexity index is 605. The normalized spacial score (nSPS) is 10.8. The van der Waals surface area contributed by atoms with Crippen LogP contribution in [0.4, 0.5) is 5.82 Å². The first-order valence-corrected chi connectivity index (χ1v) is 6.99. The van der Waals surface area contributed by atoms with E-state index in [1.165, 1.54) is 0 Å². The third-order valence-corrected chi connectivity index (χ3v) is 3.46. The zero-order valence-electron chi connectivity index (χ0n) is 9.51. The average molecular weight is 376 g/mol. The fourth-order valence-corrected chi connectivity index (χ4v) is 2.89. The number of hydrogen-bond acceptors (Lipinski definition) is 3. The van der Waals surface area contributed by atoms with Crippen LogP contribution in [0, 0.1) is 0 Å². The Kier molecular flexibility index (Phi) is 4.23. The van der Waals surface area contributed by atoms with Crippen LogP contribution in [0.3, 0.4) is 0 Å². The molecule has 0 spiro atoms. The van der Waals surface area contributed by atoms with E-state index in [0.29, 0.717) is 16.8 Å². The number of aromatic nitrogens is 3. The molecule has 0 bridgehead atoms. The molecule has 18 heavy (non-hydrogen) atoms. The predicted octanol–water partition coefficient (Wildman–Crippen LogP) is 2.24. The number of nitrogens with two attached hydrogens (primary N) is 1. The van der Waals surface area contributed by atoms with Crippen molar-refractivity contribution < 1.29 is 0 Å². The second-order valence-electron chi connectivity index (χ2n) is 3.86. The minimum absolute atomic E-state index is 0.0295. The van der Waals surface area contributed by atoms with Gasteiger partial charge in [-0.1, -0.05) is 0 Å². The number of anilines is 1. The number of pyridine rings is 1. The Morgan fingerprint density at radius 2 is 2.11 bits per heavy atom. The third-order valence-electron chi connectivity index (χ3n) is 2.46. The number of rotatable bonds is 4. The molecule has 0 unspecified atom stereocenters. The highest BCUT2D eigenvalue weighted by molar-refractivity contribution is 9.11. The lowest BCUT2D eigenvalue weighted by molar-refractivity contribution is 0.519. The average Bonchev–Trinajstić information content (AvgIpc) is 2.71. The molecule has 0 radical (unpaired) electrons. The van der Waals surface area contributed by atoms with Crippen molar-refractivity contribution in [3.8, 4) is 0 Å². The molecule has 0 saturated heterocycles. The predicted molar refractivity (Wildman–Crippen MR) is 77.4 cm³/mol. The monoisotopic (exact) mass is 374 g/mol. The summed E-state index contributed by atoms with van der Waals surface area (Å²) in [6, 6.07) is 3.49. The zero-order chi connectivity index (χ0) is 13.1. The Labute approximate surface area is 121 Å². The molecule has 0 aliphatic rings. The molecule has 0 amide bonds. The van der Waals surface area contributed by atoms with Gasteiger partial charge in [-0.25, -0.2) is 0 Å². The molecule has 0 aliphatic heterocycles. The van der Waals surface area contributed by atoms with E-state index in [4.69, 9.17) is 5.73 Å². The lowest BCUT2D eigenvalue weighted by Crippen LogP contribution is -2.21. The molecule has 2 aromatic heterocycles. The van der Waals surface area contributed by atoms with Gasteiger partial charge in [-0.05, 0) is 50.4 Å². The van der Waals surface area contributed by atoms with Gasteiger partial charge in [0.15, 0.2) is 0 Å². The van der Waals surface area contributed by atoms with E-state index >= 15 is 0 Å². The second-order valence-corrected chi connectivity index (χ2v) is 5.63. The highest BCUT2D eigenvalue weighted by Crippen LogP contribution is 2.13. The van der Waals surface area contributed by atoms with Crippen molar-refractivity contribution in [3.05, 3.63) is 43.8 Å². The first-order chi connectivity index (χ1) is 8.56. The number of nitrogens with zero attached hydrogens (tertiary/aromatic N) is 3. The van der Waals surface area contributed by atoms with E-state index in [-0.39, 0.29) is 5.56 Å². The molecule has 0 aliphatic carbocycles. The van der Waals surface area contributed by atoms with Gasteiger partial charge < -0.3 is 10.3 Å². The highest BCUT2D eigenvalue weighted by atomic mass is 79.9. The fourth-order valence-electron chi connectivity index (χ4n) is 1.64. The van der Waals surface area contributed by atoms with Crippen LogP contribution in [0.2, 0.25) is 0 Å². The number of nitrogen functional groups attached to an aromatic ring is 1. The molecule has 5 nitrogen and oxygen atoms in total. The molecule has 0 fully saturated rings. The van der Waals surface area contributed by atoms with Crippen LogP contribution in [0.15, 0.2) is 38.3 Å². The van der Waals surface area contributed by atoms with Gasteiger partial charge in [-0.15, -0.1) is 0 Å². The highest BCUT2D eigenvalue weighted by Gasteiger charge is 2.03. The maximum absolute atomic E-state index is 11.8. The summed E-state index contributed by atoms with van der Waals surface area (Å²) in [5.41, 5.74) is 5.50. The first-order valence-electron chi connectivity index (χ1n) is 5.40. The van der Waals surface area contributed by atoms with E-state index in [1.54, 1.807) is 27.6 Å². The van der Waals surface area contributed by atoms with Gasteiger partial charge in [0.25, 0.3) is 5.56 Å². The van der Waals surface area contributed by atoms with Gasteiger partial charge >= 0.3 is 0 Å². The molecule has 96 valence electrons. The topological polar surface area (TPSA) is 65.8 Å².